The van der Waals surface area contributed by atoms with Crippen LogP contribution in [0.4, 0.5) is 0 Å². The van der Waals surface area contributed by atoms with E-state index in [1.165, 1.54) is 7.05 Å². The van der Waals surface area contributed by atoms with Crippen molar-refractivity contribution in [2.45, 2.75) is 37.1 Å². The molecule has 2 aromatic rings. The number of aromatic amines is 1. The second-order valence-corrected chi connectivity index (χ2v) is 7.23. The maximum Gasteiger partial charge on any atom is 0.329 e. The van der Waals surface area contributed by atoms with Crippen molar-refractivity contribution in [1.82, 2.24) is 19.3 Å². The van der Waals surface area contributed by atoms with E-state index in [2.05, 4.69) is 9.71 Å². The zero-order valence-electron chi connectivity index (χ0n) is 13.6. The second-order valence-electron chi connectivity index (χ2n) is 5.51. The third kappa shape index (κ3) is 3.94. The SMILES string of the molecule is CCCC[C@H](NS(=O)(=O)c1cnc2c(c1)c(=O)[nH]c(=O)n2C)C(=O)O. The topological polar surface area (TPSA) is 151 Å². The number of nitrogens with zero attached hydrogens (tertiary/aromatic N) is 2. The van der Waals surface area contributed by atoms with E-state index in [-0.39, 0.29) is 22.3 Å². The molecule has 10 nitrogen and oxygen atoms in total. The average molecular weight is 370 g/mol. The molecule has 2 rings (SSSR count). The number of pyridine rings is 1. The lowest BCUT2D eigenvalue weighted by atomic mass is 10.1. The van der Waals surface area contributed by atoms with E-state index in [0.717, 1.165) is 16.8 Å². The van der Waals surface area contributed by atoms with Gasteiger partial charge in [0.15, 0.2) is 0 Å². The van der Waals surface area contributed by atoms with Crippen molar-refractivity contribution in [3.8, 4) is 0 Å². The highest BCUT2D eigenvalue weighted by Crippen LogP contribution is 2.14. The van der Waals surface area contributed by atoms with Crippen LogP contribution in [-0.4, -0.2) is 40.1 Å². The Hall–Kier alpha value is -2.53. The second kappa shape index (κ2) is 7.15. The Morgan fingerprint density at radius 2 is 2.12 bits per heavy atom. The summed E-state index contributed by atoms with van der Waals surface area (Å²) in [5.74, 6) is -1.29. The summed E-state index contributed by atoms with van der Waals surface area (Å²) in [7, 11) is -2.82. The molecule has 0 fully saturated rings. The van der Waals surface area contributed by atoms with Gasteiger partial charge in [0.05, 0.1) is 5.39 Å². The fourth-order valence-electron chi connectivity index (χ4n) is 2.26. The predicted octanol–water partition coefficient (Wildman–Crippen LogP) is -0.456. The summed E-state index contributed by atoms with van der Waals surface area (Å²) in [6.07, 6.45) is 2.37. The minimum atomic E-state index is -4.20. The van der Waals surface area contributed by atoms with Crippen molar-refractivity contribution in [3.63, 3.8) is 0 Å². The van der Waals surface area contributed by atoms with Crippen LogP contribution < -0.4 is 16.0 Å². The lowest BCUT2D eigenvalue weighted by Crippen LogP contribution is -2.40. The van der Waals surface area contributed by atoms with Gasteiger partial charge in [-0.05, 0) is 12.5 Å². The van der Waals surface area contributed by atoms with Gasteiger partial charge in [0.2, 0.25) is 10.0 Å². The molecule has 0 saturated heterocycles. The van der Waals surface area contributed by atoms with Gasteiger partial charge in [-0.1, -0.05) is 19.8 Å². The van der Waals surface area contributed by atoms with E-state index in [1.54, 1.807) is 0 Å². The maximum atomic E-state index is 12.4. The van der Waals surface area contributed by atoms with Crippen LogP contribution in [0.15, 0.2) is 26.7 Å². The zero-order valence-corrected chi connectivity index (χ0v) is 14.5. The number of nitrogens with one attached hydrogen (secondary N) is 2. The van der Waals surface area contributed by atoms with Crippen molar-refractivity contribution in [2.24, 2.45) is 7.05 Å². The molecule has 2 aromatic heterocycles. The summed E-state index contributed by atoms with van der Waals surface area (Å²) >= 11 is 0. The molecule has 2 heterocycles. The molecule has 0 spiro atoms. The smallest absolute Gasteiger partial charge is 0.329 e. The van der Waals surface area contributed by atoms with E-state index in [0.29, 0.717) is 12.8 Å². The van der Waals surface area contributed by atoms with Crippen molar-refractivity contribution >= 4 is 27.0 Å². The van der Waals surface area contributed by atoms with Crippen LogP contribution in [0.3, 0.4) is 0 Å². The summed E-state index contributed by atoms with van der Waals surface area (Å²) < 4.78 is 28.0. The van der Waals surface area contributed by atoms with Crippen molar-refractivity contribution in [1.29, 1.82) is 0 Å². The van der Waals surface area contributed by atoms with Gasteiger partial charge in [0.1, 0.15) is 16.6 Å². The lowest BCUT2D eigenvalue weighted by Gasteiger charge is -2.14. The van der Waals surface area contributed by atoms with Gasteiger partial charge in [0.25, 0.3) is 5.56 Å². The summed E-state index contributed by atoms with van der Waals surface area (Å²) in [6.45, 7) is 1.86. The van der Waals surface area contributed by atoms with Gasteiger partial charge >= 0.3 is 11.7 Å². The first kappa shape index (κ1) is 18.8. The van der Waals surface area contributed by atoms with Crippen LogP contribution in [0.25, 0.3) is 11.0 Å². The molecule has 25 heavy (non-hydrogen) atoms. The first-order valence-electron chi connectivity index (χ1n) is 7.51. The molecule has 0 radical (unpaired) electrons. The molecule has 0 saturated carbocycles. The van der Waals surface area contributed by atoms with Crippen molar-refractivity contribution in [2.75, 3.05) is 0 Å². The fourth-order valence-corrected chi connectivity index (χ4v) is 3.45. The Bertz CT molecular complexity index is 1020. The molecule has 0 aliphatic heterocycles. The molecule has 0 bridgehead atoms. The number of unbranched alkanes of at least 4 members (excludes halogenated alkanes) is 1. The third-order valence-electron chi connectivity index (χ3n) is 3.68. The van der Waals surface area contributed by atoms with Gasteiger partial charge in [0, 0.05) is 13.2 Å². The van der Waals surface area contributed by atoms with Gasteiger partial charge in [-0.15, -0.1) is 0 Å². The molecule has 3 N–H and O–H groups in total. The van der Waals surface area contributed by atoms with E-state index in [4.69, 9.17) is 5.11 Å². The highest BCUT2D eigenvalue weighted by atomic mass is 32.2. The molecule has 136 valence electrons. The Morgan fingerprint density at radius 3 is 2.72 bits per heavy atom. The quantitative estimate of drug-likeness (QED) is 0.596. The van der Waals surface area contributed by atoms with Gasteiger partial charge < -0.3 is 5.11 Å². The maximum absolute atomic E-state index is 12.4. The summed E-state index contributed by atoms with van der Waals surface area (Å²) in [4.78, 5) is 40.2. The molecule has 1 atom stereocenters. The number of fused-ring (bicyclic) bond motifs is 1. The van der Waals surface area contributed by atoms with Crippen molar-refractivity contribution in [3.05, 3.63) is 33.1 Å². The fraction of sp³-hybridized carbons (Fsp3) is 0.429. The number of aromatic nitrogens is 3. The lowest BCUT2D eigenvalue weighted by molar-refractivity contribution is -0.139. The van der Waals surface area contributed by atoms with Crippen LogP contribution in [0, 0.1) is 0 Å². The predicted molar refractivity (Wildman–Crippen MR) is 88.9 cm³/mol. The molecule has 0 aliphatic carbocycles. The van der Waals surface area contributed by atoms with Crippen molar-refractivity contribution < 1.29 is 18.3 Å². The number of hydrogen-bond donors (Lipinski definition) is 3. The molecule has 0 unspecified atom stereocenters. The Morgan fingerprint density at radius 1 is 1.44 bits per heavy atom. The summed E-state index contributed by atoms with van der Waals surface area (Å²) in [5.41, 5.74) is -1.43. The first-order chi connectivity index (χ1) is 11.7. The number of aryl methyl sites for hydroxylation is 1. The largest absolute Gasteiger partial charge is 0.480 e. The first-order valence-corrected chi connectivity index (χ1v) is 9.00. The number of rotatable bonds is 7. The van der Waals surface area contributed by atoms with E-state index >= 15 is 0 Å². The number of hydrogen-bond acceptors (Lipinski definition) is 6. The number of carbonyl (C=O) groups is 1. The Balaban J connectivity index is 2.47. The number of aliphatic carboxylic acids is 1. The van der Waals surface area contributed by atoms with E-state index < -0.39 is 33.3 Å². The number of sulfonamides is 1. The molecular formula is C14H18N4O6S. The zero-order chi connectivity index (χ0) is 18.8. The van der Waals surface area contributed by atoms with E-state index in [9.17, 15) is 22.8 Å². The number of carboxylic acid groups (broad SMARTS) is 1. The molecule has 11 heteroatoms. The average Bonchev–Trinajstić information content (AvgIpc) is 2.55. The van der Waals surface area contributed by atoms with Gasteiger partial charge in [-0.25, -0.2) is 18.2 Å². The molecular weight excluding hydrogens is 352 g/mol. The minimum absolute atomic E-state index is 0.0217. The molecule has 0 amide bonds. The summed E-state index contributed by atoms with van der Waals surface area (Å²) in [6, 6.07) is -0.221. The standard InChI is InChI=1S/C14H18N4O6S/c1-3-4-5-10(13(20)21)17-25(23,24)8-6-9-11(15-7-8)18(2)14(22)16-12(9)19/h6-7,10,17H,3-5H2,1-2H3,(H,20,21)(H,16,19,22)/t10-/m0/s1. The highest BCUT2D eigenvalue weighted by Gasteiger charge is 2.25. The van der Waals surface area contributed by atoms with Crippen LogP contribution >= 0.6 is 0 Å². The number of carboxylic acids is 1. The number of H-pyrrole nitrogens is 1. The van der Waals surface area contributed by atoms with E-state index in [1.807, 2.05) is 11.9 Å². The molecule has 0 aliphatic rings. The van der Waals surface area contributed by atoms with Crippen LogP contribution in [0.5, 0.6) is 0 Å². The van der Waals surface area contributed by atoms with Gasteiger partial charge in [-0.3, -0.25) is 19.1 Å². The normalized spacial score (nSPS) is 13.0. The van der Waals surface area contributed by atoms with Crippen LogP contribution in [-0.2, 0) is 21.9 Å². The van der Waals surface area contributed by atoms with Gasteiger partial charge in [-0.2, -0.15) is 4.72 Å². The summed E-state index contributed by atoms with van der Waals surface area (Å²) in [5, 5.41) is 9.07. The van der Waals surface area contributed by atoms with Crippen LogP contribution in [0.2, 0.25) is 0 Å². The Labute approximate surface area is 142 Å². The monoisotopic (exact) mass is 370 g/mol. The van der Waals surface area contributed by atoms with Crippen LogP contribution in [0.1, 0.15) is 26.2 Å². The molecule has 0 aromatic carbocycles. The highest BCUT2D eigenvalue weighted by molar-refractivity contribution is 7.89. The third-order valence-corrected chi connectivity index (χ3v) is 5.12. The Kier molecular flexibility index (Phi) is 5.38. The minimum Gasteiger partial charge on any atom is -0.480 e.